The van der Waals surface area contributed by atoms with Crippen LogP contribution in [-0.4, -0.2) is 59.9 Å². The van der Waals surface area contributed by atoms with Crippen LogP contribution in [0.2, 0.25) is 0 Å². The molecule has 4 rings (SSSR count). The first-order chi connectivity index (χ1) is 14.0. The first-order valence-corrected chi connectivity index (χ1v) is 10.1. The highest BCUT2D eigenvalue weighted by atomic mass is 16.5. The minimum atomic E-state index is -0.212. The first-order valence-electron chi connectivity index (χ1n) is 10.1. The number of amides is 1. The monoisotopic (exact) mass is 393 g/mol. The predicted octanol–water partition coefficient (Wildman–Crippen LogP) is 2.62. The van der Waals surface area contributed by atoms with Gasteiger partial charge in [-0.15, -0.1) is 0 Å². The molecule has 0 radical (unpaired) electrons. The molecule has 2 fully saturated rings. The van der Waals surface area contributed by atoms with Crippen LogP contribution in [0.3, 0.4) is 0 Å². The lowest BCUT2D eigenvalue weighted by Gasteiger charge is -2.31. The molecule has 1 amide bonds. The molecule has 0 saturated carbocycles. The molecule has 0 spiro atoms. The van der Waals surface area contributed by atoms with Gasteiger partial charge in [-0.1, -0.05) is 24.3 Å². The summed E-state index contributed by atoms with van der Waals surface area (Å²) in [5.74, 6) is 0.450. The molecule has 29 heavy (non-hydrogen) atoms. The van der Waals surface area contributed by atoms with Crippen molar-refractivity contribution in [1.29, 1.82) is 0 Å². The van der Waals surface area contributed by atoms with E-state index in [1.807, 2.05) is 36.1 Å². The van der Waals surface area contributed by atoms with Crippen LogP contribution in [0.4, 0.5) is 0 Å². The van der Waals surface area contributed by atoms with E-state index in [0.29, 0.717) is 30.5 Å². The standard InChI is InChI=1S/C23H27N3O3/c1-15-6-4-5-7-19(15)22-20-13-25(14-21(27)29-3)11-18(20)12-26(22)23(28)17-9-8-16(2)24-10-17/h4-10,18,20,22H,11-14H2,1-3H3/t18-,20-,22+/m0/s1. The van der Waals surface area contributed by atoms with E-state index in [9.17, 15) is 9.59 Å². The third-order valence-corrected chi connectivity index (χ3v) is 6.25. The molecule has 6 heteroatoms. The van der Waals surface area contributed by atoms with E-state index in [1.165, 1.54) is 18.2 Å². The SMILES string of the molecule is COC(=O)CN1C[C@H]2CN(C(=O)c3ccc(C)nc3)[C@H](c3ccccc3C)[C@H]2C1. The topological polar surface area (TPSA) is 62.7 Å². The Bertz CT molecular complexity index is 912. The number of esters is 1. The molecule has 2 aliphatic rings. The van der Waals surface area contributed by atoms with E-state index in [4.69, 9.17) is 4.74 Å². The van der Waals surface area contributed by atoms with Crippen molar-refractivity contribution >= 4 is 11.9 Å². The van der Waals surface area contributed by atoms with Gasteiger partial charge in [0.1, 0.15) is 0 Å². The van der Waals surface area contributed by atoms with Gasteiger partial charge in [0, 0.05) is 37.4 Å². The highest BCUT2D eigenvalue weighted by Crippen LogP contribution is 2.46. The fourth-order valence-electron chi connectivity index (χ4n) is 4.80. The normalized spacial score (nSPS) is 23.8. The third-order valence-electron chi connectivity index (χ3n) is 6.25. The Morgan fingerprint density at radius 3 is 2.59 bits per heavy atom. The van der Waals surface area contributed by atoms with E-state index in [-0.39, 0.29) is 17.9 Å². The van der Waals surface area contributed by atoms with E-state index < -0.39 is 0 Å². The summed E-state index contributed by atoms with van der Waals surface area (Å²) in [6, 6.07) is 12.0. The number of benzene rings is 1. The van der Waals surface area contributed by atoms with Crippen LogP contribution in [0.5, 0.6) is 0 Å². The number of hydrogen-bond acceptors (Lipinski definition) is 5. The molecular formula is C23H27N3O3. The molecule has 3 heterocycles. The smallest absolute Gasteiger partial charge is 0.319 e. The Labute approximate surface area is 171 Å². The number of nitrogens with zero attached hydrogens (tertiary/aromatic N) is 3. The van der Waals surface area contributed by atoms with Gasteiger partial charge >= 0.3 is 5.97 Å². The van der Waals surface area contributed by atoms with E-state index in [1.54, 1.807) is 6.20 Å². The zero-order chi connectivity index (χ0) is 20.5. The number of hydrogen-bond donors (Lipinski definition) is 0. The lowest BCUT2D eigenvalue weighted by Crippen LogP contribution is -2.37. The largest absolute Gasteiger partial charge is 0.468 e. The van der Waals surface area contributed by atoms with Crippen LogP contribution in [0, 0.1) is 25.7 Å². The fraction of sp³-hybridized carbons (Fsp3) is 0.435. The van der Waals surface area contributed by atoms with Gasteiger partial charge in [-0.25, -0.2) is 0 Å². The average molecular weight is 393 g/mol. The van der Waals surface area contributed by atoms with E-state index in [0.717, 1.165) is 18.8 Å². The summed E-state index contributed by atoms with van der Waals surface area (Å²) in [5, 5.41) is 0. The van der Waals surface area contributed by atoms with Crippen molar-refractivity contribution in [3.8, 4) is 0 Å². The molecule has 6 nitrogen and oxygen atoms in total. The predicted molar refractivity (Wildman–Crippen MR) is 109 cm³/mol. The third kappa shape index (κ3) is 3.77. The summed E-state index contributed by atoms with van der Waals surface area (Å²) in [7, 11) is 1.42. The number of fused-ring (bicyclic) bond motifs is 1. The average Bonchev–Trinajstić information content (AvgIpc) is 3.25. The van der Waals surface area contributed by atoms with Crippen LogP contribution in [0.25, 0.3) is 0 Å². The van der Waals surface area contributed by atoms with Crippen LogP contribution in [0.15, 0.2) is 42.6 Å². The molecule has 3 atom stereocenters. The Kier molecular flexibility index (Phi) is 5.37. The van der Waals surface area contributed by atoms with E-state index in [2.05, 4.69) is 28.9 Å². The van der Waals surface area contributed by atoms with Gasteiger partial charge in [0.2, 0.25) is 0 Å². The molecule has 0 N–H and O–H groups in total. The Hall–Kier alpha value is -2.73. The number of pyridine rings is 1. The van der Waals surface area contributed by atoms with Crippen molar-refractivity contribution in [3.05, 3.63) is 65.0 Å². The molecular weight excluding hydrogens is 366 g/mol. The Balaban J connectivity index is 1.64. The van der Waals surface area contributed by atoms with Crippen molar-refractivity contribution < 1.29 is 14.3 Å². The highest BCUT2D eigenvalue weighted by molar-refractivity contribution is 5.94. The van der Waals surface area contributed by atoms with Crippen LogP contribution < -0.4 is 0 Å². The maximum atomic E-state index is 13.4. The molecule has 2 saturated heterocycles. The number of methoxy groups -OCH3 is 1. The maximum Gasteiger partial charge on any atom is 0.319 e. The van der Waals surface area contributed by atoms with Gasteiger partial charge in [-0.2, -0.15) is 0 Å². The highest BCUT2D eigenvalue weighted by Gasteiger charge is 2.49. The van der Waals surface area contributed by atoms with Gasteiger partial charge in [-0.3, -0.25) is 19.5 Å². The molecule has 2 aromatic rings. The second-order valence-corrected chi connectivity index (χ2v) is 8.14. The summed E-state index contributed by atoms with van der Waals surface area (Å²) in [4.78, 5) is 33.6. The second-order valence-electron chi connectivity index (χ2n) is 8.14. The number of rotatable bonds is 4. The van der Waals surface area contributed by atoms with Crippen molar-refractivity contribution in [2.75, 3.05) is 33.3 Å². The minimum Gasteiger partial charge on any atom is -0.468 e. The molecule has 1 aromatic heterocycles. The first kappa shape index (κ1) is 19.6. The second kappa shape index (κ2) is 7.95. The van der Waals surface area contributed by atoms with Gasteiger partial charge in [0.05, 0.1) is 25.3 Å². The summed E-state index contributed by atoms with van der Waals surface area (Å²) >= 11 is 0. The Morgan fingerprint density at radius 2 is 1.90 bits per heavy atom. The van der Waals surface area contributed by atoms with Crippen molar-refractivity contribution in [3.63, 3.8) is 0 Å². The van der Waals surface area contributed by atoms with Gasteiger partial charge < -0.3 is 9.64 Å². The quantitative estimate of drug-likeness (QED) is 0.748. The van der Waals surface area contributed by atoms with Crippen LogP contribution >= 0.6 is 0 Å². The van der Waals surface area contributed by atoms with Crippen molar-refractivity contribution in [2.24, 2.45) is 11.8 Å². The molecule has 2 aliphatic heterocycles. The van der Waals surface area contributed by atoms with Crippen LogP contribution in [0.1, 0.15) is 33.2 Å². The number of carbonyl (C=O) groups is 2. The lowest BCUT2D eigenvalue weighted by molar-refractivity contribution is -0.141. The minimum absolute atomic E-state index is 0.00218. The van der Waals surface area contributed by atoms with Gasteiger partial charge in [0.15, 0.2) is 0 Å². The molecule has 152 valence electrons. The maximum absolute atomic E-state index is 13.4. The summed E-state index contributed by atoms with van der Waals surface area (Å²) < 4.78 is 4.84. The Morgan fingerprint density at radius 1 is 1.10 bits per heavy atom. The summed E-state index contributed by atoms with van der Waals surface area (Å²) in [6.07, 6.45) is 1.67. The number of likely N-dealkylation sites (tertiary alicyclic amines) is 2. The zero-order valence-corrected chi connectivity index (χ0v) is 17.2. The summed E-state index contributed by atoms with van der Waals surface area (Å²) in [5.41, 5.74) is 3.90. The lowest BCUT2D eigenvalue weighted by atomic mass is 9.87. The van der Waals surface area contributed by atoms with Gasteiger partial charge in [0.25, 0.3) is 5.91 Å². The van der Waals surface area contributed by atoms with Crippen molar-refractivity contribution in [1.82, 2.24) is 14.8 Å². The van der Waals surface area contributed by atoms with Gasteiger partial charge in [-0.05, 0) is 43.0 Å². The molecule has 0 unspecified atom stereocenters. The number of aryl methyl sites for hydroxylation is 2. The summed E-state index contributed by atoms with van der Waals surface area (Å²) in [6.45, 7) is 6.60. The van der Waals surface area contributed by atoms with Crippen molar-refractivity contribution in [2.45, 2.75) is 19.9 Å². The number of carbonyl (C=O) groups excluding carboxylic acids is 2. The molecule has 0 bridgehead atoms. The number of ether oxygens (including phenoxy) is 1. The van der Waals surface area contributed by atoms with E-state index >= 15 is 0 Å². The molecule has 0 aliphatic carbocycles. The number of aromatic nitrogens is 1. The fourth-order valence-corrected chi connectivity index (χ4v) is 4.80. The zero-order valence-electron chi connectivity index (χ0n) is 17.2. The van der Waals surface area contributed by atoms with Crippen LogP contribution in [-0.2, 0) is 9.53 Å². The molecule has 1 aromatic carbocycles.